The van der Waals surface area contributed by atoms with Crippen LogP contribution in [0.5, 0.6) is 0 Å². The van der Waals surface area contributed by atoms with E-state index >= 15 is 0 Å². The second kappa shape index (κ2) is 4.36. The van der Waals surface area contributed by atoms with Crippen LogP contribution in [0.3, 0.4) is 0 Å². The molecule has 0 aliphatic heterocycles. The molecule has 0 atom stereocenters. The average Bonchev–Trinajstić information content (AvgIpc) is 2.10. The van der Waals surface area contributed by atoms with Gasteiger partial charge in [0, 0.05) is 11.8 Å². The molecule has 1 aliphatic rings. The van der Waals surface area contributed by atoms with Gasteiger partial charge in [-0.25, -0.2) is 4.84 Å². The fourth-order valence-corrected chi connectivity index (χ4v) is 2.13. The molecule has 0 amide bonds. The summed E-state index contributed by atoms with van der Waals surface area (Å²) in [4.78, 5) is 2.57. The number of hydrogen-bond donors (Lipinski definition) is 2. The molecule has 2 nitrogen and oxygen atoms in total. The third-order valence-electron chi connectivity index (χ3n) is 2.55. The van der Waals surface area contributed by atoms with Crippen molar-refractivity contribution in [1.82, 2.24) is 4.84 Å². The van der Waals surface area contributed by atoms with Crippen LogP contribution in [-0.4, -0.2) is 11.8 Å². The molecule has 68 valence electrons. The monoisotopic (exact) mass is 204 g/mol. The molecule has 0 heterocycles. The molecule has 0 bridgehead atoms. The maximum atomic E-state index is 8.99. The smallest absolute Gasteiger partial charge is 0.0712 e. The summed E-state index contributed by atoms with van der Waals surface area (Å²) in [5.41, 5.74) is -0.235. The van der Waals surface area contributed by atoms with Gasteiger partial charge in [0.25, 0.3) is 0 Å². The zero-order valence-corrected chi connectivity index (χ0v) is 8.54. The van der Waals surface area contributed by atoms with Crippen LogP contribution < -0.4 is 4.84 Å². The molecule has 0 saturated heterocycles. The fraction of sp³-hybridized carbons (Fsp3) is 0.875. The van der Waals surface area contributed by atoms with Gasteiger partial charge in [0.05, 0.1) is 11.5 Å². The summed E-state index contributed by atoms with van der Waals surface area (Å²) in [6.45, 7) is 0.589. The molecular formula is C8H13ClN2S. The highest BCUT2D eigenvalue weighted by atomic mass is 35.5. The third kappa shape index (κ3) is 2.29. The molecule has 4 heteroatoms. The van der Waals surface area contributed by atoms with Crippen molar-refractivity contribution in [2.75, 3.05) is 6.54 Å². The Balaban J connectivity index is 2.52. The van der Waals surface area contributed by atoms with Crippen LogP contribution >= 0.6 is 24.4 Å². The molecule has 0 aromatic heterocycles. The molecule has 1 fully saturated rings. The molecule has 0 aromatic carbocycles. The van der Waals surface area contributed by atoms with E-state index in [9.17, 15) is 0 Å². The van der Waals surface area contributed by atoms with E-state index in [0.29, 0.717) is 11.8 Å². The van der Waals surface area contributed by atoms with Crippen LogP contribution in [0.2, 0.25) is 0 Å². The second-order valence-electron chi connectivity index (χ2n) is 3.43. The van der Waals surface area contributed by atoms with Crippen molar-refractivity contribution < 1.29 is 0 Å². The zero-order chi connectivity index (χ0) is 9.03. The Morgan fingerprint density at radius 3 is 2.58 bits per heavy atom. The van der Waals surface area contributed by atoms with E-state index < -0.39 is 0 Å². The molecule has 1 N–H and O–H groups in total. The van der Waals surface area contributed by atoms with Crippen molar-refractivity contribution in [1.29, 1.82) is 5.26 Å². The lowest BCUT2D eigenvalue weighted by Gasteiger charge is -2.32. The first-order valence-corrected chi connectivity index (χ1v) is 5.05. The van der Waals surface area contributed by atoms with Gasteiger partial charge in [-0.05, 0) is 37.5 Å². The van der Waals surface area contributed by atoms with E-state index in [1.54, 1.807) is 0 Å². The summed E-state index contributed by atoms with van der Waals surface area (Å²) in [7, 11) is 0. The number of thiol groups is 1. The van der Waals surface area contributed by atoms with E-state index in [4.69, 9.17) is 17.0 Å². The van der Waals surface area contributed by atoms with Gasteiger partial charge >= 0.3 is 0 Å². The highest BCUT2D eigenvalue weighted by molar-refractivity contribution is 7.80. The average molecular weight is 205 g/mol. The van der Waals surface area contributed by atoms with Crippen molar-refractivity contribution in [3.05, 3.63) is 0 Å². The van der Waals surface area contributed by atoms with E-state index in [1.165, 1.54) is 0 Å². The zero-order valence-electron chi connectivity index (χ0n) is 6.89. The maximum absolute atomic E-state index is 8.99. The molecule has 1 saturated carbocycles. The summed E-state index contributed by atoms with van der Waals surface area (Å²) in [5, 5.41) is 9.46. The Bertz CT molecular complexity index is 182. The van der Waals surface area contributed by atoms with Crippen LogP contribution in [0, 0.1) is 16.7 Å². The third-order valence-corrected chi connectivity index (χ3v) is 3.20. The molecule has 1 rings (SSSR count). The highest BCUT2D eigenvalue weighted by Crippen LogP contribution is 2.37. The van der Waals surface area contributed by atoms with Gasteiger partial charge in [0.1, 0.15) is 0 Å². The van der Waals surface area contributed by atoms with Crippen LogP contribution in [0.25, 0.3) is 0 Å². The van der Waals surface area contributed by atoms with Crippen molar-refractivity contribution >= 4 is 24.4 Å². The predicted molar refractivity (Wildman–Crippen MR) is 53.1 cm³/mol. The molecule has 0 spiro atoms. The summed E-state index contributed by atoms with van der Waals surface area (Å²) >= 11 is 9.80. The molecule has 12 heavy (non-hydrogen) atoms. The molecular weight excluding hydrogens is 192 g/mol. The summed E-state index contributed by atoms with van der Waals surface area (Å²) in [5.74, 6) is 0. The minimum absolute atomic E-state index is 0.235. The lowest BCUT2D eigenvalue weighted by atomic mass is 9.75. The lowest BCUT2D eigenvalue weighted by Crippen LogP contribution is -2.33. The van der Waals surface area contributed by atoms with Crippen LogP contribution in [0.4, 0.5) is 0 Å². The van der Waals surface area contributed by atoms with E-state index in [1.807, 2.05) is 0 Å². The first-order chi connectivity index (χ1) is 5.72. The quantitative estimate of drug-likeness (QED) is 0.534. The minimum Gasteiger partial charge on any atom is -0.232 e. The molecule has 1 aliphatic carbocycles. The van der Waals surface area contributed by atoms with Crippen molar-refractivity contribution in [2.24, 2.45) is 5.41 Å². The van der Waals surface area contributed by atoms with E-state index in [2.05, 4.69) is 23.5 Å². The standard InChI is InChI=1S/C8H13ClN2S/c9-11-6-8(5-10)3-1-7(12)2-4-8/h7,11-12H,1-4,6H2/t7-,8+. The van der Waals surface area contributed by atoms with Gasteiger partial charge in [-0.1, -0.05) is 0 Å². The normalized spacial score (nSPS) is 35.9. The number of rotatable bonds is 2. The van der Waals surface area contributed by atoms with Crippen LogP contribution in [-0.2, 0) is 0 Å². The summed E-state index contributed by atoms with van der Waals surface area (Å²) in [6.07, 6.45) is 3.87. The van der Waals surface area contributed by atoms with Crippen LogP contribution in [0.15, 0.2) is 0 Å². The number of hydrogen-bond acceptors (Lipinski definition) is 3. The Labute approximate surface area is 83.8 Å². The fourth-order valence-electron chi connectivity index (χ4n) is 1.61. The highest BCUT2D eigenvalue weighted by Gasteiger charge is 2.34. The molecule has 0 radical (unpaired) electrons. The SMILES string of the molecule is N#C[C@]1(CNCl)CC[C@@H](S)CC1. The van der Waals surface area contributed by atoms with Crippen molar-refractivity contribution in [3.63, 3.8) is 0 Å². The number of nitrogens with one attached hydrogen (secondary N) is 1. The minimum atomic E-state index is -0.235. The largest absolute Gasteiger partial charge is 0.232 e. The van der Waals surface area contributed by atoms with Crippen molar-refractivity contribution in [3.8, 4) is 6.07 Å². The topological polar surface area (TPSA) is 35.8 Å². The first-order valence-electron chi connectivity index (χ1n) is 4.15. The maximum Gasteiger partial charge on any atom is 0.0712 e. The van der Waals surface area contributed by atoms with Gasteiger partial charge in [0.15, 0.2) is 0 Å². The number of nitrogens with zero attached hydrogens (tertiary/aromatic N) is 1. The number of halogens is 1. The van der Waals surface area contributed by atoms with E-state index in [0.717, 1.165) is 25.7 Å². The summed E-state index contributed by atoms with van der Waals surface area (Å²) < 4.78 is 0. The van der Waals surface area contributed by atoms with Crippen molar-refractivity contribution in [2.45, 2.75) is 30.9 Å². The van der Waals surface area contributed by atoms with Gasteiger partial charge in [-0.2, -0.15) is 17.9 Å². The molecule has 0 unspecified atom stereocenters. The van der Waals surface area contributed by atoms with Gasteiger partial charge in [-0.3, -0.25) is 0 Å². The first kappa shape index (κ1) is 10.2. The lowest BCUT2D eigenvalue weighted by molar-refractivity contribution is 0.276. The number of nitriles is 1. The molecule has 0 aromatic rings. The van der Waals surface area contributed by atoms with Crippen LogP contribution in [0.1, 0.15) is 25.7 Å². The van der Waals surface area contributed by atoms with E-state index in [-0.39, 0.29) is 5.41 Å². The Morgan fingerprint density at radius 2 is 2.17 bits per heavy atom. The summed E-state index contributed by atoms with van der Waals surface area (Å²) in [6, 6.07) is 2.36. The Kier molecular flexibility index (Phi) is 3.70. The predicted octanol–water partition coefficient (Wildman–Crippen LogP) is 2.11. The Hall–Kier alpha value is 0.0900. The van der Waals surface area contributed by atoms with Gasteiger partial charge in [0.2, 0.25) is 0 Å². The Morgan fingerprint density at radius 1 is 1.58 bits per heavy atom. The van der Waals surface area contributed by atoms with Gasteiger partial charge < -0.3 is 0 Å². The van der Waals surface area contributed by atoms with Gasteiger partial charge in [-0.15, -0.1) is 0 Å². The second-order valence-corrected chi connectivity index (χ2v) is 4.43.